The van der Waals surface area contributed by atoms with Crippen molar-refractivity contribution in [3.8, 4) is 16.9 Å². The fourth-order valence-electron chi connectivity index (χ4n) is 2.70. The predicted molar refractivity (Wildman–Crippen MR) is 84.5 cm³/mol. The van der Waals surface area contributed by atoms with Crippen LogP contribution in [0.2, 0.25) is 0 Å². The number of anilines is 1. The molecule has 1 aliphatic heterocycles. The molecule has 0 aliphatic carbocycles. The van der Waals surface area contributed by atoms with Crippen molar-refractivity contribution >= 4 is 5.69 Å². The first kappa shape index (κ1) is 13.0. The van der Waals surface area contributed by atoms with Gasteiger partial charge in [0.1, 0.15) is 11.4 Å². The Hall–Kier alpha value is -1.96. The highest BCUT2D eigenvalue weighted by atomic mass is 16.5. The van der Waals surface area contributed by atoms with Crippen LogP contribution < -0.4 is 10.1 Å². The second-order valence-corrected chi connectivity index (χ2v) is 6.24. The molecule has 2 aromatic rings. The van der Waals surface area contributed by atoms with E-state index in [1.165, 1.54) is 22.3 Å². The quantitative estimate of drug-likeness (QED) is 0.818. The predicted octanol–water partition coefficient (Wildman–Crippen LogP) is 4.55. The highest BCUT2D eigenvalue weighted by Crippen LogP contribution is 2.36. The Bertz CT molecular complexity index is 658. The molecule has 1 heterocycles. The van der Waals surface area contributed by atoms with Gasteiger partial charge >= 0.3 is 0 Å². The average Bonchev–Trinajstić information content (AvgIpc) is 2.37. The zero-order valence-corrected chi connectivity index (χ0v) is 12.6. The maximum Gasteiger partial charge on any atom is 0.143 e. The summed E-state index contributed by atoms with van der Waals surface area (Å²) in [4.78, 5) is 0. The van der Waals surface area contributed by atoms with E-state index in [1.807, 2.05) is 0 Å². The Labute approximate surface area is 120 Å². The number of benzene rings is 2. The molecular weight excluding hydrogens is 246 g/mol. The van der Waals surface area contributed by atoms with E-state index < -0.39 is 0 Å². The average molecular weight is 267 g/mol. The summed E-state index contributed by atoms with van der Waals surface area (Å²) in [6.07, 6.45) is 0. The van der Waals surface area contributed by atoms with Gasteiger partial charge in [-0.3, -0.25) is 0 Å². The van der Waals surface area contributed by atoms with Crippen molar-refractivity contribution in [2.24, 2.45) is 0 Å². The third-order valence-corrected chi connectivity index (χ3v) is 3.76. The lowest BCUT2D eigenvalue weighted by molar-refractivity contribution is 0.116. The molecule has 1 N–H and O–H groups in total. The van der Waals surface area contributed by atoms with Crippen LogP contribution >= 0.6 is 0 Å². The van der Waals surface area contributed by atoms with Gasteiger partial charge in [-0.05, 0) is 56.5 Å². The Balaban J connectivity index is 2.01. The Morgan fingerprint density at radius 3 is 2.60 bits per heavy atom. The highest BCUT2D eigenvalue weighted by Gasteiger charge is 2.26. The Morgan fingerprint density at radius 2 is 1.85 bits per heavy atom. The van der Waals surface area contributed by atoms with Crippen LogP contribution in [0.1, 0.15) is 25.0 Å². The molecule has 104 valence electrons. The highest BCUT2D eigenvalue weighted by molar-refractivity contribution is 5.74. The van der Waals surface area contributed by atoms with E-state index in [2.05, 4.69) is 69.4 Å². The van der Waals surface area contributed by atoms with Gasteiger partial charge in [-0.25, -0.2) is 0 Å². The first-order valence-corrected chi connectivity index (χ1v) is 7.09. The molecule has 0 saturated heterocycles. The normalized spacial score (nSPS) is 16.0. The van der Waals surface area contributed by atoms with Crippen LogP contribution in [-0.4, -0.2) is 12.1 Å². The second kappa shape index (κ2) is 4.55. The lowest BCUT2D eigenvalue weighted by atomic mass is 9.97. The number of fused-ring (bicyclic) bond motifs is 1. The summed E-state index contributed by atoms with van der Waals surface area (Å²) >= 11 is 0. The van der Waals surface area contributed by atoms with E-state index in [0.29, 0.717) is 0 Å². The summed E-state index contributed by atoms with van der Waals surface area (Å²) in [6.45, 7) is 9.31. The van der Waals surface area contributed by atoms with Crippen LogP contribution in [0.3, 0.4) is 0 Å². The standard InChI is InChI=1S/C18H21NO/c1-12-5-7-15(13(2)9-12)14-6-8-17-16(10-14)19-11-18(3,4)20-17/h5-10,19H,11H2,1-4H3. The van der Waals surface area contributed by atoms with E-state index in [-0.39, 0.29) is 5.60 Å². The van der Waals surface area contributed by atoms with Gasteiger partial charge in [-0.15, -0.1) is 0 Å². The SMILES string of the molecule is Cc1ccc(-c2ccc3c(c2)NCC(C)(C)O3)c(C)c1. The van der Waals surface area contributed by atoms with Crippen LogP contribution in [0.4, 0.5) is 5.69 Å². The molecule has 20 heavy (non-hydrogen) atoms. The van der Waals surface area contributed by atoms with Gasteiger partial charge in [0.25, 0.3) is 0 Å². The van der Waals surface area contributed by atoms with E-state index >= 15 is 0 Å². The molecule has 2 aromatic carbocycles. The van der Waals surface area contributed by atoms with Crippen molar-refractivity contribution in [2.45, 2.75) is 33.3 Å². The molecule has 1 aliphatic rings. The van der Waals surface area contributed by atoms with Gasteiger partial charge < -0.3 is 10.1 Å². The minimum Gasteiger partial charge on any atom is -0.484 e. The first-order valence-electron chi connectivity index (χ1n) is 7.09. The largest absolute Gasteiger partial charge is 0.484 e. The van der Waals surface area contributed by atoms with Gasteiger partial charge in [-0.2, -0.15) is 0 Å². The smallest absolute Gasteiger partial charge is 0.143 e. The van der Waals surface area contributed by atoms with E-state index in [1.54, 1.807) is 0 Å². The third-order valence-electron chi connectivity index (χ3n) is 3.76. The summed E-state index contributed by atoms with van der Waals surface area (Å²) < 4.78 is 6.00. The Kier molecular flexibility index (Phi) is 2.97. The van der Waals surface area contributed by atoms with Crippen LogP contribution in [0.25, 0.3) is 11.1 Å². The number of ether oxygens (including phenoxy) is 1. The molecular formula is C18H21NO. The molecule has 0 amide bonds. The maximum absolute atomic E-state index is 6.00. The lowest BCUT2D eigenvalue weighted by Crippen LogP contribution is -2.39. The zero-order chi connectivity index (χ0) is 14.3. The summed E-state index contributed by atoms with van der Waals surface area (Å²) in [5.74, 6) is 0.940. The first-order chi connectivity index (χ1) is 9.44. The maximum atomic E-state index is 6.00. The molecule has 0 saturated carbocycles. The monoisotopic (exact) mass is 267 g/mol. The van der Waals surface area contributed by atoms with Crippen molar-refractivity contribution in [1.29, 1.82) is 0 Å². The van der Waals surface area contributed by atoms with E-state index in [0.717, 1.165) is 18.0 Å². The van der Waals surface area contributed by atoms with Gasteiger partial charge in [0, 0.05) is 0 Å². The van der Waals surface area contributed by atoms with Gasteiger partial charge in [0.15, 0.2) is 0 Å². The van der Waals surface area contributed by atoms with Crippen LogP contribution in [-0.2, 0) is 0 Å². The molecule has 0 aromatic heterocycles. The fraction of sp³-hybridized carbons (Fsp3) is 0.333. The van der Waals surface area contributed by atoms with E-state index in [4.69, 9.17) is 4.74 Å². The van der Waals surface area contributed by atoms with Crippen LogP contribution in [0, 0.1) is 13.8 Å². The van der Waals surface area contributed by atoms with Crippen molar-refractivity contribution in [2.75, 3.05) is 11.9 Å². The molecule has 0 radical (unpaired) electrons. The van der Waals surface area contributed by atoms with Crippen molar-refractivity contribution in [1.82, 2.24) is 0 Å². The lowest BCUT2D eigenvalue weighted by Gasteiger charge is -2.33. The summed E-state index contributed by atoms with van der Waals surface area (Å²) in [5, 5.41) is 3.47. The number of nitrogens with one attached hydrogen (secondary N) is 1. The van der Waals surface area contributed by atoms with Gasteiger partial charge in [0.2, 0.25) is 0 Å². The summed E-state index contributed by atoms with van der Waals surface area (Å²) in [5.41, 5.74) is 6.06. The summed E-state index contributed by atoms with van der Waals surface area (Å²) in [7, 11) is 0. The third kappa shape index (κ3) is 2.38. The van der Waals surface area contributed by atoms with E-state index in [9.17, 15) is 0 Å². The van der Waals surface area contributed by atoms with Crippen molar-refractivity contribution in [3.05, 3.63) is 47.5 Å². The molecule has 0 fully saturated rings. The number of rotatable bonds is 1. The van der Waals surface area contributed by atoms with Crippen LogP contribution in [0.15, 0.2) is 36.4 Å². The van der Waals surface area contributed by atoms with Crippen molar-refractivity contribution in [3.63, 3.8) is 0 Å². The zero-order valence-electron chi connectivity index (χ0n) is 12.6. The minimum atomic E-state index is -0.145. The molecule has 0 bridgehead atoms. The molecule has 0 atom stereocenters. The second-order valence-electron chi connectivity index (χ2n) is 6.24. The molecule has 0 spiro atoms. The number of aryl methyl sites for hydroxylation is 2. The van der Waals surface area contributed by atoms with Crippen LogP contribution in [0.5, 0.6) is 5.75 Å². The number of hydrogen-bond acceptors (Lipinski definition) is 2. The topological polar surface area (TPSA) is 21.3 Å². The van der Waals surface area contributed by atoms with Gasteiger partial charge in [0.05, 0.1) is 12.2 Å². The molecule has 2 nitrogen and oxygen atoms in total. The molecule has 0 unspecified atom stereocenters. The number of hydrogen-bond donors (Lipinski definition) is 1. The molecule has 2 heteroatoms. The fourth-order valence-corrected chi connectivity index (χ4v) is 2.70. The minimum absolute atomic E-state index is 0.145. The molecule has 3 rings (SSSR count). The summed E-state index contributed by atoms with van der Waals surface area (Å²) in [6, 6.07) is 13.0. The van der Waals surface area contributed by atoms with Gasteiger partial charge in [-0.1, -0.05) is 29.8 Å². The van der Waals surface area contributed by atoms with Crippen molar-refractivity contribution < 1.29 is 4.74 Å². The Morgan fingerprint density at radius 1 is 1.05 bits per heavy atom.